The monoisotopic (exact) mass is 309 g/mol. The molecule has 2 aromatic carbocycles. The molecule has 1 N–H and O–H groups in total. The van der Waals surface area contributed by atoms with E-state index in [1.165, 1.54) is 0 Å². The fourth-order valence-corrected chi connectivity index (χ4v) is 3.36. The molecule has 1 unspecified atom stereocenters. The minimum absolute atomic E-state index is 0.0659. The number of aliphatic hydroxyl groups excluding tert-OH is 1. The standard InChI is InChI=1S/C20H23NO2/c22-15-19-10-5-4-9-17(19)13-21-12-6-11-18(14-21)20(23)16-7-2-1-3-8-16/h1-5,7-10,18,22H,6,11-15H2. The molecule has 1 aliphatic heterocycles. The highest BCUT2D eigenvalue weighted by Crippen LogP contribution is 2.23. The Balaban J connectivity index is 1.68. The smallest absolute Gasteiger partial charge is 0.167 e. The van der Waals surface area contributed by atoms with Gasteiger partial charge in [-0.15, -0.1) is 0 Å². The topological polar surface area (TPSA) is 40.5 Å². The van der Waals surface area contributed by atoms with Crippen molar-refractivity contribution in [2.75, 3.05) is 13.1 Å². The molecule has 3 rings (SSSR count). The second-order valence-corrected chi connectivity index (χ2v) is 6.23. The number of piperidine rings is 1. The number of carbonyl (C=O) groups is 1. The lowest BCUT2D eigenvalue weighted by atomic mass is 9.89. The van der Waals surface area contributed by atoms with E-state index in [-0.39, 0.29) is 18.3 Å². The first-order chi connectivity index (χ1) is 11.3. The maximum absolute atomic E-state index is 12.7. The van der Waals surface area contributed by atoms with Gasteiger partial charge in [-0.25, -0.2) is 0 Å². The van der Waals surface area contributed by atoms with Gasteiger partial charge in [0.2, 0.25) is 0 Å². The van der Waals surface area contributed by atoms with Crippen molar-refractivity contribution in [2.45, 2.75) is 26.0 Å². The third-order valence-electron chi connectivity index (χ3n) is 4.62. The average Bonchev–Trinajstić information content (AvgIpc) is 2.62. The van der Waals surface area contributed by atoms with Gasteiger partial charge in [0.05, 0.1) is 6.61 Å². The summed E-state index contributed by atoms with van der Waals surface area (Å²) >= 11 is 0. The number of hydrogen-bond acceptors (Lipinski definition) is 3. The molecule has 23 heavy (non-hydrogen) atoms. The van der Waals surface area contributed by atoms with Crippen LogP contribution in [0.15, 0.2) is 54.6 Å². The number of Topliss-reactive ketones (excluding diaryl/α,β-unsaturated/α-hetero) is 1. The van der Waals surface area contributed by atoms with Crippen molar-refractivity contribution < 1.29 is 9.90 Å². The molecule has 0 aromatic heterocycles. The highest BCUT2D eigenvalue weighted by molar-refractivity contribution is 5.98. The molecule has 0 spiro atoms. The lowest BCUT2D eigenvalue weighted by Crippen LogP contribution is -2.38. The van der Waals surface area contributed by atoms with Crippen LogP contribution in [0.3, 0.4) is 0 Å². The van der Waals surface area contributed by atoms with E-state index in [4.69, 9.17) is 0 Å². The third kappa shape index (κ3) is 3.87. The van der Waals surface area contributed by atoms with E-state index in [1.807, 2.05) is 48.5 Å². The lowest BCUT2D eigenvalue weighted by Gasteiger charge is -2.32. The molecule has 3 nitrogen and oxygen atoms in total. The highest BCUT2D eigenvalue weighted by Gasteiger charge is 2.26. The molecular formula is C20H23NO2. The quantitative estimate of drug-likeness (QED) is 0.862. The van der Waals surface area contributed by atoms with Crippen LogP contribution in [0.1, 0.15) is 34.3 Å². The Labute approximate surface area is 137 Å². The first kappa shape index (κ1) is 15.9. The predicted octanol–water partition coefficient (Wildman–Crippen LogP) is 3.27. The fraction of sp³-hybridized carbons (Fsp3) is 0.350. The summed E-state index contributed by atoms with van der Waals surface area (Å²) in [4.78, 5) is 15.0. The van der Waals surface area contributed by atoms with Crippen LogP contribution in [0.5, 0.6) is 0 Å². The van der Waals surface area contributed by atoms with Crippen LogP contribution in [0.2, 0.25) is 0 Å². The summed E-state index contributed by atoms with van der Waals surface area (Å²) in [6.07, 6.45) is 2.01. The zero-order valence-electron chi connectivity index (χ0n) is 13.3. The van der Waals surface area contributed by atoms with Crippen LogP contribution < -0.4 is 0 Å². The van der Waals surface area contributed by atoms with Crippen molar-refractivity contribution in [1.29, 1.82) is 0 Å². The van der Waals surface area contributed by atoms with E-state index >= 15 is 0 Å². The Kier molecular flexibility index (Phi) is 5.21. The maximum atomic E-state index is 12.7. The predicted molar refractivity (Wildman–Crippen MR) is 91.1 cm³/mol. The van der Waals surface area contributed by atoms with Crippen molar-refractivity contribution in [3.05, 3.63) is 71.3 Å². The van der Waals surface area contributed by atoms with Crippen molar-refractivity contribution in [3.8, 4) is 0 Å². The number of likely N-dealkylation sites (tertiary alicyclic amines) is 1. The summed E-state index contributed by atoms with van der Waals surface area (Å²) in [5, 5.41) is 9.46. The first-order valence-corrected chi connectivity index (χ1v) is 8.27. The minimum atomic E-state index is 0.0659. The molecule has 0 radical (unpaired) electrons. The highest BCUT2D eigenvalue weighted by atomic mass is 16.3. The van der Waals surface area contributed by atoms with Crippen LogP contribution in [0.25, 0.3) is 0 Å². The summed E-state index contributed by atoms with van der Waals surface area (Å²) in [7, 11) is 0. The van der Waals surface area contributed by atoms with Gasteiger partial charge >= 0.3 is 0 Å². The number of nitrogens with zero attached hydrogens (tertiary/aromatic N) is 1. The van der Waals surface area contributed by atoms with Gasteiger partial charge in [-0.3, -0.25) is 9.69 Å². The molecule has 3 heteroatoms. The molecule has 0 saturated carbocycles. The van der Waals surface area contributed by atoms with Crippen LogP contribution in [0, 0.1) is 5.92 Å². The number of rotatable bonds is 5. The van der Waals surface area contributed by atoms with E-state index in [1.54, 1.807) is 0 Å². The van der Waals surface area contributed by atoms with Gasteiger partial charge in [0, 0.05) is 24.6 Å². The van der Waals surface area contributed by atoms with Gasteiger partial charge in [-0.05, 0) is 30.5 Å². The SMILES string of the molecule is O=C(c1ccccc1)C1CCCN(Cc2ccccc2CO)C1. The van der Waals surface area contributed by atoms with Crippen molar-refractivity contribution in [2.24, 2.45) is 5.92 Å². The maximum Gasteiger partial charge on any atom is 0.167 e. The Morgan fingerprint density at radius 2 is 1.74 bits per heavy atom. The van der Waals surface area contributed by atoms with Crippen molar-refractivity contribution in [1.82, 2.24) is 4.90 Å². The second kappa shape index (κ2) is 7.53. The van der Waals surface area contributed by atoms with Gasteiger partial charge in [-0.1, -0.05) is 54.6 Å². The molecule has 1 fully saturated rings. The lowest BCUT2D eigenvalue weighted by molar-refractivity contribution is 0.0810. The van der Waals surface area contributed by atoms with E-state index in [0.717, 1.165) is 49.2 Å². The molecule has 1 heterocycles. The zero-order chi connectivity index (χ0) is 16.1. The van der Waals surface area contributed by atoms with E-state index < -0.39 is 0 Å². The minimum Gasteiger partial charge on any atom is -0.392 e. The summed E-state index contributed by atoms with van der Waals surface area (Å²) < 4.78 is 0. The van der Waals surface area contributed by atoms with Crippen LogP contribution >= 0.6 is 0 Å². The number of hydrogen-bond donors (Lipinski definition) is 1. The zero-order valence-corrected chi connectivity index (χ0v) is 13.3. The Hall–Kier alpha value is -1.97. The summed E-state index contributed by atoms with van der Waals surface area (Å²) in [5.41, 5.74) is 2.95. The van der Waals surface area contributed by atoms with E-state index in [0.29, 0.717) is 0 Å². The summed E-state index contributed by atoms with van der Waals surface area (Å²) in [6, 6.07) is 17.6. The van der Waals surface area contributed by atoms with Gasteiger partial charge in [0.1, 0.15) is 0 Å². The van der Waals surface area contributed by atoms with Crippen LogP contribution in [-0.4, -0.2) is 28.9 Å². The van der Waals surface area contributed by atoms with Crippen molar-refractivity contribution >= 4 is 5.78 Å². The Bertz CT molecular complexity index is 654. The number of benzene rings is 2. The molecule has 0 aliphatic carbocycles. The summed E-state index contributed by atoms with van der Waals surface area (Å²) in [6.45, 7) is 2.68. The summed E-state index contributed by atoms with van der Waals surface area (Å²) in [5.74, 6) is 0.332. The Morgan fingerprint density at radius 1 is 1.04 bits per heavy atom. The van der Waals surface area contributed by atoms with Crippen LogP contribution in [-0.2, 0) is 13.2 Å². The number of ketones is 1. The molecule has 1 aliphatic rings. The first-order valence-electron chi connectivity index (χ1n) is 8.27. The molecule has 1 atom stereocenters. The van der Waals surface area contributed by atoms with Gasteiger partial charge in [0.15, 0.2) is 5.78 Å². The van der Waals surface area contributed by atoms with E-state index in [2.05, 4.69) is 11.0 Å². The molecular weight excluding hydrogens is 286 g/mol. The molecule has 0 amide bonds. The van der Waals surface area contributed by atoms with Crippen molar-refractivity contribution in [3.63, 3.8) is 0 Å². The average molecular weight is 309 g/mol. The van der Waals surface area contributed by atoms with Gasteiger partial charge < -0.3 is 5.11 Å². The molecule has 0 bridgehead atoms. The molecule has 2 aromatic rings. The van der Waals surface area contributed by atoms with Gasteiger partial charge in [0.25, 0.3) is 0 Å². The number of carbonyl (C=O) groups excluding carboxylic acids is 1. The van der Waals surface area contributed by atoms with Gasteiger partial charge in [-0.2, -0.15) is 0 Å². The second-order valence-electron chi connectivity index (χ2n) is 6.23. The fourth-order valence-electron chi connectivity index (χ4n) is 3.36. The van der Waals surface area contributed by atoms with E-state index in [9.17, 15) is 9.90 Å². The number of aliphatic hydroxyl groups is 1. The molecule has 1 saturated heterocycles. The third-order valence-corrected chi connectivity index (χ3v) is 4.62. The largest absolute Gasteiger partial charge is 0.392 e. The Morgan fingerprint density at radius 3 is 2.48 bits per heavy atom. The normalized spacial score (nSPS) is 18.7. The van der Waals surface area contributed by atoms with Crippen LogP contribution in [0.4, 0.5) is 0 Å². The molecule has 120 valence electrons.